The van der Waals surface area contributed by atoms with E-state index in [0.717, 1.165) is 12.8 Å². The summed E-state index contributed by atoms with van der Waals surface area (Å²) in [6.45, 7) is 8.54. The number of rotatable bonds is 0. The van der Waals surface area contributed by atoms with Crippen molar-refractivity contribution in [1.82, 2.24) is 0 Å². The van der Waals surface area contributed by atoms with Crippen molar-refractivity contribution in [3.05, 3.63) is 22.2 Å². The maximum Gasteiger partial charge on any atom is 0.106 e. The molecule has 1 aliphatic heterocycles. The summed E-state index contributed by atoms with van der Waals surface area (Å²) in [4.78, 5) is 0. The van der Waals surface area contributed by atoms with E-state index < -0.39 is 5.60 Å². The quantitative estimate of drug-likeness (QED) is 0.693. The van der Waals surface area contributed by atoms with Gasteiger partial charge in [0.15, 0.2) is 0 Å². The fourth-order valence-corrected chi connectivity index (χ4v) is 4.92. The third-order valence-electron chi connectivity index (χ3n) is 5.61. The van der Waals surface area contributed by atoms with Crippen molar-refractivity contribution in [1.29, 1.82) is 0 Å². The van der Waals surface area contributed by atoms with E-state index in [-0.39, 0.29) is 23.0 Å². The normalized spacial score (nSPS) is 49.4. The molecular formula is C15H21BrO2. The molecule has 1 N–H and O–H groups in total. The van der Waals surface area contributed by atoms with Gasteiger partial charge in [-0.05, 0) is 32.8 Å². The third-order valence-corrected chi connectivity index (χ3v) is 6.86. The van der Waals surface area contributed by atoms with E-state index in [2.05, 4.69) is 48.9 Å². The number of allylic oxidation sites excluding steroid dienone is 2. The van der Waals surface area contributed by atoms with Crippen LogP contribution in [0.2, 0.25) is 0 Å². The Kier molecular flexibility index (Phi) is 2.51. The molecule has 1 heterocycles. The topological polar surface area (TPSA) is 29.5 Å². The number of hydrogen-bond acceptors (Lipinski definition) is 2. The Hall–Kier alpha value is -0.120. The molecule has 100 valence electrons. The van der Waals surface area contributed by atoms with Crippen LogP contribution in [0, 0.1) is 10.8 Å². The van der Waals surface area contributed by atoms with Crippen LogP contribution in [0.1, 0.15) is 40.5 Å². The fourth-order valence-electron chi connectivity index (χ4n) is 4.32. The van der Waals surface area contributed by atoms with E-state index in [1.807, 2.05) is 6.92 Å². The minimum Gasteiger partial charge on any atom is -0.386 e. The standard InChI is InChI=1S/C15H21BrO2/c1-9-5-6-15-12(7-9)18-11(14(15,4)17)8-10(16)13(15,2)3/h5,8,11-12,17H,6-7H2,1-4H3. The molecule has 1 saturated heterocycles. The molecule has 2 nitrogen and oxygen atoms in total. The van der Waals surface area contributed by atoms with Crippen molar-refractivity contribution >= 4 is 15.9 Å². The lowest BCUT2D eigenvalue weighted by Gasteiger charge is -2.56. The van der Waals surface area contributed by atoms with Gasteiger partial charge >= 0.3 is 0 Å². The van der Waals surface area contributed by atoms with Gasteiger partial charge in [-0.2, -0.15) is 0 Å². The first-order chi connectivity index (χ1) is 8.23. The van der Waals surface area contributed by atoms with Gasteiger partial charge in [0, 0.05) is 15.3 Å². The summed E-state index contributed by atoms with van der Waals surface area (Å²) >= 11 is 3.70. The second kappa shape index (κ2) is 3.50. The van der Waals surface area contributed by atoms with Gasteiger partial charge in [-0.1, -0.05) is 41.4 Å². The smallest absolute Gasteiger partial charge is 0.106 e. The third kappa shape index (κ3) is 1.21. The molecule has 2 aliphatic carbocycles. The highest BCUT2D eigenvalue weighted by atomic mass is 79.9. The molecule has 18 heavy (non-hydrogen) atoms. The molecule has 0 aromatic heterocycles. The van der Waals surface area contributed by atoms with Crippen LogP contribution >= 0.6 is 15.9 Å². The summed E-state index contributed by atoms with van der Waals surface area (Å²) < 4.78 is 7.34. The molecule has 3 aliphatic rings. The first-order valence-electron chi connectivity index (χ1n) is 6.65. The number of ether oxygens (including phenoxy) is 1. The van der Waals surface area contributed by atoms with Gasteiger partial charge < -0.3 is 9.84 Å². The summed E-state index contributed by atoms with van der Waals surface area (Å²) in [6, 6.07) is 0. The number of hydrogen-bond donors (Lipinski definition) is 1. The zero-order valence-corrected chi connectivity index (χ0v) is 13.0. The molecule has 0 amide bonds. The second-order valence-electron chi connectivity index (χ2n) is 6.76. The number of halogens is 1. The van der Waals surface area contributed by atoms with E-state index in [4.69, 9.17) is 4.74 Å². The molecule has 0 aromatic carbocycles. The minimum absolute atomic E-state index is 0.106. The molecule has 0 radical (unpaired) electrons. The summed E-state index contributed by atoms with van der Waals surface area (Å²) in [7, 11) is 0. The monoisotopic (exact) mass is 312 g/mol. The lowest BCUT2D eigenvalue weighted by molar-refractivity contribution is -0.114. The van der Waals surface area contributed by atoms with Crippen LogP contribution in [0.15, 0.2) is 22.2 Å². The van der Waals surface area contributed by atoms with Gasteiger partial charge in [-0.15, -0.1) is 0 Å². The fraction of sp³-hybridized carbons (Fsp3) is 0.733. The number of aliphatic hydroxyl groups is 1. The maximum atomic E-state index is 11.1. The zero-order valence-electron chi connectivity index (χ0n) is 11.5. The van der Waals surface area contributed by atoms with E-state index in [0.29, 0.717) is 0 Å². The highest BCUT2D eigenvalue weighted by molar-refractivity contribution is 9.11. The van der Waals surface area contributed by atoms with Crippen LogP contribution in [0.5, 0.6) is 0 Å². The van der Waals surface area contributed by atoms with Gasteiger partial charge in [0.1, 0.15) is 11.7 Å². The van der Waals surface area contributed by atoms with Crippen LogP contribution in [-0.2, 0) is 4.74 Å². The van der Waals surface area contributed by atoms with Gasteiger partial charge in [-0.3, -0.25) is 0 Å². The molecule has 1 fully saturated rings. The second-order valence-corrected chi connectivity index (χ2v) is 7.62. The average Bonchev–Trinajstić information content (AvgIpc) is 2.41. The van der Waals surface area contributed by atoms with Crippen LogP contribution in [-0.4, -0.2) is 22.9 Å². The Balaban J connectivity index is 2.23. The maximum absolute atomic E-state index is 11.1. The summed E-state index contributed by atoms with van der Waals surface area (Å²) in [5.41, 5.74) is 0.250. The molecule has 4 atom stereocenters. The largest absolute Gasteiger partial charge is 0.386 e. The lowest BCUT2D eigenvalue weighted by atomic mass is 9.49. The van der Waals surface area contributed by atoms with E-state index in [9.17, 15) is 5.11 Å². The minimum atomic E-state index is -0.796. The van der Waals surface area contributed by atoms with Gasteiger partial charge in [0.2, 0.25) is 0 Å². The molecule has 4 unspecified atom stereocenters. The van der Waals surface area contributed by atoms with Crippen molar-refractivity contribution in [2.24, 2.45) is 10.8 Å². The molecule has 2 bridgehead atoms. The van der Waals surface area contributed by atoms with Crippen LogP contribution in [0.4, 0.5) is 0 Å². The SMILES string of the molecule is CC1=CCC23C(C1)OC(C=C(Br)C2(C)C)C3(C)O. The summed E-state index contributed by atoms with van der Waals surface area (Å²) in [5.74, 6) is 0. The first-order valence-corrected chi connectivity index (χ1v) is 7.44. The Morgan fingerprint density at radius 2 is 2.06 bits per heavy atom. The van der Waals surface area contributed by atoms with Crippen molar-refractivity contribution in [3.8, 4) is 0 Å². The highest BCUT2D eigenvalue weighted by Crippen LogP contribution is 2.67. The van der Waals surface area contributed by atoms with E-state index in [1.54, 1.807) is 0 Å². The molecule has 3 rings (SSSR count). The van der Waals surface area contributed by atoms with Crippen LogP contribution in [0.3, 0.4) is 0 Å². The van der Waals surface area contributed by atoms with Crippen molar-refractivity contribution in [3.63, 3.8) is 0 Å². The summed E-state index contributed by atoms with van der Waals surface area (Å²) in [6.07, 6.45) is 6.09. The van der Waals surface area contributed by atoms with Crippen molar-refractivity contribution in [2.45, 2.75) is 58.3 Å². The predicted molar refractivity (Wildman–Crippen MR) is 75.5 cm³/mol. The molecule has 0 aromatic rings. The predicted octanol–water partition coefficient (Wildman–Crippen LogP) is 3.55. The van der Waals surface area contributed by atoms with Crippen molar-refractivity contribution < 1.29 is 9.84 Å². The van der Waals surface area contributed by atoms with Gasteiger partial charge in [0.05, 0.1) is 6.10 Å². The van der Waals surface area contributed by atoms with Crippen LogP contribution in [0.25, 0.3) is 0 Å². The van der Waals surface area contributed by atoms with Crippen LogP contribution < -0.4 is 0 Å². The molecule has 3 heteroatoms. The lowest BCUT2D eigenvalue weighted by Crippen LogP contribution is -2.61. The van der Waals surface area contributed by atoms with Crippen molar-refractivity contribution in [2.75, 3.05) is 0 Å². The Morgan fingerprint density at radius 1 is 1.39 bits per heavy atom. The van der Waals surface area contributed by atoms with Gasteiger partial charge in [-0.25, -0.2) is 0 Å². The number of fused-ring (bicyclic) bond motifs is 1. The van der Waals surface area contributed by atoms with E-state index >= 15 is 0 Å². The molecular weight excluding hydrogens is 292 g/mol. The Morgan fingerprint density at radius 3 is 2.72 bits per heavy atom. The van der Waals surface area contributed by atoms with E-state index in [1.165, 1.54) is 10.1 Å². The Labute approximate surface area is 117 Å². The molecule has 1 spiro atoms. The average molecular weight is 313 g/mol. The Bertz CT molecular complexity index is 461. The molecule has 0 saturated carbocycles. The summed E-state index contributed by atoms with van der Waals surface area (Å²) in [5, 5.41) is 11.1. The zero-order chi connectivity index (χ0) is 13.3. The first kappa shape index (κ1) is 12.9. The van der Waals surface area contributed by atoms with Gasteiger partial charge in [0.25, 0.3) is 0 Å². The highest BCUT2D eigenvalue weighted by Gasteiger charge is 2.71.